The first-order valence-corrected chi connectivity index (χ1v) is 4.92. The van der Waals surface area contributed by atoms with E-state index in [4.69, 9.17) is 0 Å². The standard InChI is InChI=1S/C10H16O4.K.Li/c1-10(8(11)12,9(13)14)7-5-3-2-4-6-7;;/h7H,2-6H2,1H3,(H,11,12)(H,13,14);;/q;2*+1/p-2. The monoisotopic (exact) mass is 244 g/mol. The summed E-state index contributed by atoms with van der Waals surface area (Å²) in [6.07, 6.45) is 4.10. The average Bonchev–Trinajstić information content (AvgIpc) is 2.17. The van der Waals surface area contributed by atoms with Crippen LogP contribution in [0.5, 0.6) is 0 Å². The molecule has 0 aliphatic heterocycles. The zero-order valence-electron chi connectivity index (χ0n) is 10.2. The topological polar surface area (TPSA) is 80.3 Å². The van der Waals surface area contributed by atoms with Gasteiger partial charge >= 0.3 is 70.2 Å². The maximum atomic E-state index is 10.8. The zero-order chi connectivity index (χ0) is 10.8. The van der Waals surface area contributed by atoms with E-state index in [0.29, 0.717) is 12.8 Å². The summed E-state index contributed by atoms with van der Waals surface area (Å²) in [5, 5.41) is 21.7. The van der Waals surface area contributed by atoms with Crippen molar-refractivity contribution in [1.82, 2.24) is 0 Å². The number of rotatable bonds is 3. The summed E-state index contributed by atoms with van der Waals surface area (Å²) >= 11 is 0. The fraction of sp³-hybridized carbons (Fsp3) is 0.800. The zero-order valence-corrected chi connectivity index (χ0v) is 13.4. The van der Waals surface area contributed by atoms with Crippen LogP contribution in [0.3, 0.4) is 0 Å². The van der Waals surface area contributed by atoms with Crippen molar-refractivity contribution in [2.75, 3.05) is 0 Å². The quantitative estimate of drug-likeness (QED) is 0.365. The molecule has 1 aliphatic carbocycles. The third-order valence-electron chi connectivity index (χ3n) is 3.27. The number of carboxylic acids is 2. The molecule has 0 radical (unpaired) electrons. The third kappa shape index (κ3) is 4.13. The van der Waals surface area contributed by atoms with Crippen LogP contribution in [0, 0.1) is 11.3 Å². The number of carbonyl (C=O) groups is 2. The van der Waals surface area contributed by atoms with Gasteiger partial charge in [-0.25, -0.2) is 0 Å². The van der Waals surface area contributed by atoms with E-state index in [9.17, 15) is 19.8 Å². The molecule has 4 nitrogen and oxygen atoms in total. The van der Waals surface area contributed by atoms with Crippen LogP contribution < -0.4 is 80.5 Å². The van der Waals surface area contributed by atoms with Crippen LogP contribution in [0.2, 0.25) is 0 Å². The first-order chi connectivity index (χ1) is 6.49. The van der Waals surface area contributed by atoms with Crippen LogP contribution in [0.15, 0.2) is 0 Å². The Morgan fingerprint density at radius 1 is 1.06 bits per heavy atom. The molecule has 1 rings (SSSR count). The molecule has 0 amide bonds. The second-order valence-electron chi connectivity index (χ2n) is 4.11. The fourth-order valence-corrected chi connectivity index (χ4v) is 2.10. The molecule has 0 aromatic rings. The summed E-state index contributed by atoms with van der Waals surface area (Å²) in [7, 11) is 0. The van der Waals surface area contributed by atoms with Crippen LogP contribution in [-0.2, 0) is 9.59 Å². The van der Waals surface area contributed by atoms with Crippen molar-refractivity contribution in [1.29, 1.82) is 0 Å². The minimum absolute atomic E-state index is 0. The SMILES string of the molecule is CC(C(=O)[O-])(C(=O)[O-])C1CCCCC1.[K+].[Li+]. The van der Waals surface area contributed by atoms with Crippen molar-refractivity contribution in [2.24, 2.45) is 11.3 Å². The van der Waals surface area contributed by atoms with Crippen molar-refractivity contribution < 1.29 is 90.0 Å². The van der Waals surface area contributed by atoms with Crippen LogP contribution in [0.25, 0.3) is 0 Å². The third-order valence-corrected chi connectivity index (χ3v) is 3.27. The number of carbonyl (C=O) groups excluding carboxylic acids is 2. The second-order valence-corrected chi connectivity index (χ2v) is 4.11. The van der Waals surface area contributed by atoms with E-state index < -0.39 is 17.4 Å². The van der Waals surface area contributed by atoms with Crippen molar-refractivity contribution in [3.63, 3.8) is 0 Å². The van der Waals surface area contributed by atoms with Crippen molar-refractivity contribution in [3.05, 3.63) is 0 Å². The summed E-state index contributed by atoms with van der Waals surface area (Å²) in [5.74, 6) is -3.39. The number of aliphatic carboxylic acids is 2. The van der Waals surface area contributed by atoms with Gasteiger partial charge in [0.25, 0.3) is 0 Å². The van der Waals surface area contributed by atoms with Gasteiger partial charge in [-0.05, 0) is 25.7 Å². The van der Waals surface area contributed by atoms with Crippen LogP contribution in [0.4, 0.5) is 0 Å². The average molecular weight is 244 g/mol. The summed E-state index contributed by atoms with van der Waals surface area (Å²) < 4.78 is 0. The van der Waals surface area contributed by atoms with Crippen LogP contribution in [0.1, 0.15) is 39.0 Å². The van der Waals surface area contributed by atoms with E-state index in [1.165, 1.54) is 6.92 Å². The Kier molecular flexibility index (Phi) is 10.1. The van der Waals surface area contributed by atoms with E-state index in [-0.39, 0.29) is 76.2 Å². The Hall–Kier alpha value is 1.17. The van der Waals surface area contributed by atoms with E-state index in [0.717, 1.165) is 19.3 Å². The summed E-state index contributed by atoms with van der Waals surface area (Å²) in [5.41, 5.74) is -1.82. The van der Waals surface area contributed by atoms with Gasteiger partial charge in [0.05, 0.1) is 11.9 Å². The number of hydrogen-bond donors (Lipinski definition) is 0. The summed E-state index contributed by atoms with van der Waals surface area (Å²) in [6.45, 7) is 1.20. The molecular formula is C10H14KLiO4. The van der Waals surface area contributed by atoms with Gasteiger partial charge in [0.2, 0.25) is 0 Å². The molecule has 6 heteroatoms. The molecule has 0 heterocycles. The van der Waals surface area contributed by atoms with Gasteiger partial charge in [0.1, 0.15) is 0 Å². The molecule has 80 valence electrons. The van der Waals surface area contributed by atoms with E-state index in [1.54, 1.807) is 0 Å². The molecule has 0 aromatic carbocycles. The molecule has 0 N–H and O–H groups in total. The summed E-state index contributed by atoms with van der Waals surface area (Å²) in [6, 6.07) is 0. The molecule has 1 aliphatic rings. The molecule has 0 unspecified atom stereocenters. The largest absolute Gasteiger partial charge is 1.00 e. The first kappa shape index (κ1) is 19.5. The van der Waals surface area contributed by atoms with Gasteiger partial charge in [-0.2, -0.15) is 0 Å². The molecule has 0 bridgehead atoms. The normalized spacial score (nSPS) is 16.8. The van der Waals surface area contributed by atoms with Crippen molar-refractivity contribution >= 4 is 11.9 Å². The minimum atomic E-state index is -1.82. The van der Waals surface area contributed by atoms with E-state index in [2.05, 4.69) is 0 Å². The van der Waals surface area contributed by atoms with Gasteiger partial charge in [-0.15, -0.1) is 0 Å². The predicted molar refractivity (Wildman–Crippen MR) is 44.7 cm³/mol. The number of hydrogen-bond acceptors (Lipinski definition) is 4. The molecule has 16 heavy (non-hydrogen) atoms. The Morgan fingerprint density at radius 3 is 1.75 bits per heavy atom. The van der Waals surface area contributed by atoms with Crippen LogP contribution in [-0.4, -0.2) is 11.9 Å². The molecule has 0 spiro atoms. The Balaban J connectivity index is 0. The maximum absolute atomic E-state index is 10.8. The Bertz CT molecular complexity index is 237. The molecule has 0 aromatic heterocycles. The first-order valence-electron chi connectivity index (χ1n) is 4.92. The minimum Gasteiger partial charge on any atom is -0.549 e. The van der Waals surface area contributed by atoms with Gasteiger partial charge in [-0.3, -0.25) is 0 Å². The molecule has 1 saturated carbocycles. The van der Waals surface area contributed by atoms with Gasteiger partial charge in [-0.1, -0.05) is 19.3 Å². The van der Waals surface area contributed by atoms with E-state index >= 15 is 0 Å². The maximum Gasteiger partial charge on any atom is 1.00 e. The van der Waals surface area contributed by atoms with Gasteiger partial charge < -0.3 is 19.8 Å². The van der Waals surface area contributed by atoms with Crippen LogP contribution >= 0.6 is 0 Å². The molecule has 0 saturated heterocycles. The molecule has 1 fully saturated rings. The van der Waals surface area contributed by atoms with Gasteiger partial charge in [0, 0.05) is 5.41 Å². The Labute approximate surface area is 150 Å². The van der Waals surface area contributed by atoms with E-state index in [1.807, 2.05) is 0 Å². The Morgan fingerprint density at radius 2 is 1.44 bits per heavy atom. The molecular weight excluding hydrogens is 230 g/mol. The smallest absolute Gasteiger partial charge is 0.549 e. The van der Waals surface area contributed by atoms with Crippen molar-refractivity contribution in [2.45, 2.75) is 39.0 Å². The van der Waals surface area contributed by atoms with Crippen molar-refractivity contribution in [3.8, 4) is 0 Å². The number of carboxylic acid groups (broad SMARTS) is 2. The fourth-order valence-electron chi connectivity index (χ4n) is 2.10. The predicted octanol–water partition coefficient (Wildman–Crippen LogP) is -6.92. The molecule has 0 atom stereocenters. The second kappa shape index (κ2) is 8.31. The summed E-state index contributed by atoms with van der Waals surface area (Å²) in [4.78, 5) is 21.7. The van der Waals surface area contributed by atoms with Gasteiger partial charge in [0.15, 0.2) is 0 Å².